The number of carbonyl (C=O) groups excluding carboxylic acids is 2. The third-order valence-corrected chi connectivity index (χ3v) is 3.53. The molecule has 0 saturated heterocycles. The number of hydrogen-bond acceptors (Lipinski definition) is 3. The van der Waals surface area contributed by atoms with Gasteiger partial charge in [0, 0.05) is 30.6 Å². The smallest absolute Gasteiger partial charge is 0.303 e. The first-order valence-electron chi connectivity index (χ1n) is 7.94. The fourth-order valence-corrected chi connectivity index (χ4v) is 2.45. The van der Waals surface area contributed by atoms with Crippen LogP contribution in [-0.2, 0) is 14.4 Å². The molecule has 25 heavy (non-hydrogen) atoms. The van der Waals surface area contributed by atoms with E-state index < -0.39 is 11.9 Å². The molecule has 0 unspecified atom stereocenters. The Kier molecular flexibility index (Phi) is 6.71. The van der Waals surface area contributed by atoms with Gasteiger partial charge in [-0.05, 0) is 30.2 Å². The van der Waals surface area contributed by atoms with E-state index >= 15 is 0 Å². The van der Waals surface area contributed by atoms with Crippen LogP contribution in [0.1, 0.15) is 19.3 Å². The van der Waals surface area contributed by atoms with Crippen LogP contribution in [0.15, 0.2) is 60.7 Å². The van der Waals surface area contributed by atoms with Gasteiger partial charge in [0.15, 0.2) is 0 Å². The zero-order valence-corrected chi connectivity index (χ0v) is 13.6. The zero-order valence-electron chi connectivity index (χ0n) is 13.6. The lowest BCUT2D eigenvalue weighted by Gasteiger charge is -2.15. The molecule has 3 N–H and O–H groups in total. The minimum Gasteiger partial charge on any atom is -0.481 e. The summed E-state index contributed by atoms with van der Waals surface area (Å²) in [5.74, 6) is -2.25. The van der Waals surface area contributed by atoms with Crippen molar-refractivity contribution in [1.82, 2.24) is 0 Å². The van der Waals surface area contributed by atoms with Crippen molar-refractivity contribution in [2.24, 2.45) is 5.92 Å². The first-order chi connectivity index (χ1) is 12.0. The number of carboxylic acids is 1. The Hall–Kier alpha value is -3.15. The van der Waals surface area contributed by atoms with Crippen molar-refractivity contribution in [2.45, 2.75) is 19.3 Å². The molecule has 0 aliphatic rings. The summed E-state index contributed by atoms with van der Waals surface area (Å²) in [5, 5.41) is 14.4. The highest BCUT2D eigenvalue weighted by Gasteiger charge is 2.21. The SMILES string of the molecule is O=C(O)CC(CC(=O)Nc1ccccc1)CC(=O)Nc1ccccc1. The van der Waals surface area contributed by atoms with Gasteiger partial charge in [0.05, 0.1) is 0 Å². The molecular weight excluding hydrogens is 320 g/mol. The van der Waals surface area contributed by atoms with Gasteiger partial charge in [0.2, 0.25) is 11.8 Å². The highest BCUT2D eigenvalue weighted by atomic mass is 16.4. The van der Waals surface area contributed by atoms with Crippen LogP contribution in [0.4, 0.5) is 11.4 Å². The van der Waals surface area contributed by atoms with Gasteiger partial charge in [-0.25, -0.2) is 0 Å². The molecule has 2 rings (SSSR count). The van der Waals surface area contributed by atoms with E-state index in [0.29, 0.717) is 11.4 Å². The molecule has 0 heterocycles. The van der Waals surface area contributed by atoms with Crippen LogP contribution >= 0.6 is 0 Å². The van der Waals surface area contributed by atoms with Crippen molar-refractivity contribution in [2.75, 3.05) is 10.6 Å². The number of para-hydroxylation sites is 2. The van der Waals surface area contributed by atoms with Crippen molar-refractivity contribution in [3.63, 3.8) is 0 Å². The molecule has 0 atom stereocenters. The van der Waals surface area contributed by atoms with Crippen molar-refractivity contribution >= 4 is 29.2 Å². The number of amides is 2. The lowest BCUT2D eigenvalue weighted by Crippen LogP contribution is -2.23. The van der Waals surface area contributed by atoms with Crippen LogP contribution in [0.5, 0.6) is 0 Å². The van der Waals surface area contributed by atoms with Gasteiger partial charge in [-0.15, -0.1) is 0 Å². The second-order valence-corrected chi connectivity index (χ2v) is 5.70. The fourth-order valence-electron chi connectivity index (χ4n) is 2.45. The number of rotatable bonds is 8. The van der Waals surface area contributed by atoms with Crippen molar-refractivity contribution in [1.29, 1.82) is 0 Å². The molecule has 2 amide bonds. The second kappa shape index (κ2) is 9.22. The van der Waals surface area contributed by atoms with Gasteiger partial charge in [0.25, 0.3) is 0 Å². The van der Waals surface area contributed by atoms with Gasteiger partial charge in [-0.2, -0.15) is 0 Å². The standard InChI is InChI=1S/C19H20N2O4/c22-17(20-15-7-3-1-4-8-15)11-14(13-19(24)25)12-18(23)21-16-9-5-2-6-10-16/h1-10,14H,11-13H2,(H,20,22)(H,21,23)(H,24,25). The summed E-state index contributed by atoms with van der Waals surface area (Å²) in [6, 6.07) is 17.8. The Labute approximate surface area is 145 Å². The molecule has 6 heteroatoms. The maximum atomic E-state index is 12.1. The predicted molar refractivity (Wildman–Crippen MR) is 95.1 cm³/mol. The Balaban J connectivity index is 1.92. The summed E-state index contributed by atoms with van der Waals surface area (Å²) >= 11 is 0. The lowest BCUT2D eigenvalue weighted by molar-refractivity contribution is -0.138. The first-order valence-corrected chi connectivity index (χ1v) is 7.94. The normalized spacial score (nSPS) is 10.3. The Morgan fingerprint density at radius 2 is 1.12 bits per heavy atom. The number of benzene rings is 2. The molecule has 0 aliphatic carbocycles. The number of carboxylic acid groups (broad SMARTS) is 1. The quantitative estimate of drug-likeness (QED) is 0.688. The summed E-state index contributed by atoms with van der Waals surface area (Å²) in [5.41, 5.74) is 1.27. The van der Waals surface area contributed by atoms with E-state index in [9.17, 15) is 14.4 Å². The Bertz CT molecular complexity index is 661. The number of nitrogens with one attached hydrogen (secondary N) is 2. The van der Waals surface area contributed by atoms with Crippen LogP contribution < -0.4 is 10.6 Å². The molecule has 130 valence electrons. The molecule has 6 nitrogen and oxygen atoms in total. The lowest BCUT2D eigenvalue weighted by atomic mass is 9.96. The Morgan fingerprint density at radius 1 is 0.720 bits per heavy atom. The van der Waals surface area contributed by atoms with Gasteiger partial charge in [-0.1, -0.05) is 36.4 Å². The minimum atomic E-state index is -1.04. The third kappa shape index (κ3) is 6.87. The summed E-state index contributed by atoms with van der Waals surface area (Å²) in [6.45, 7) is 0. The average Bonchev–Trinajstić information content (AvgIpc) is 2.55. The van der Waals surface area contributed by atoms with E-state index in [1.807, 2.05) is 12.1 Å². The first kappa shape index (κ1) is 18.2. The zero-order chi connectivity index (χ0) is 18.1. The molecule has 0 aromatic heterocycles. The maximum Gasteiger partial charge on any atom is 0.303 e. The van der Waals surface area contributed by atoms with E-state index in [-0.39, 0.29) is 31.1 Å². The number of anilines is 2. The topological polar surface area (TPSA) is 95.5 Å². The number of aliphatic carboxylic acids is 1. The van der Waals surface area contributed by atoms with Crippen LogP contribution in [0.2, 0.25) is 0 Å². The van der Waals surface area contributed by atoms with E-state index in [2.05, 4.69) is 10.6 Å². The minimum absolute atomic E-state index is 0.0383. The summed E-state index contributed by atoms with van der Waals surface area (Å²) in [6.07, 6.45) is -0.322. The molecule has 0 bridgehead atoms. The predicted octanol–water partition coefficient (Wildman–Crippen LogP) is 3.13. The maximum absolute atomic E-state index is 12.1. The monoisotopic (exact) mass is 340 g/mol. The number of hydrogen-bond donors (Lipinski definition) is 3. The summed E-state index contributed by atoms with van der Waals surface area (Å²) < 4.78 is 0. The van der Waals surface area contributed by atoms with Crippen LogP contribution in [0.25, 0.3) is 0 Å². The fraction of sp³-hybridized carbons (Fsp3) is 0.211. The van der Waals surface area contributed by atoms with Gasteiger partial charge >= 0.3 is 5.97 Å². The molecular formula is C19H20N2O4. The molecule has 0 aliphatic heterocycles. The highest BCUT2D eigenvalue weighted by Crippen LogP contribution is 2.17. The van der Waals surface area contributed by atoms with Crippen LogP contribution in [0.3, 0.4) is 0 Å². The highest BCUT2D eigenvalue weighted by molar-refractivity contribution is 5.93. The third-order valence-electron chi connectivity index (χ3n) is 3.53. The summed E-state index contributed by atoms with van der Waals surface area (Å²) in [7, 11) is 0. The molecule has 0 radical (unpaired) electrons. The second-order valence-electron chi connectivity index (χ2n) is 5.70. The van der Waals surface area contributed by atoms with E-state index in [1.54, 1.807) is 48.5 Å². The van der Waals surface area contributed by atoms with E-state index in [0.717, 1.165) is 0 Å². The van der Waals surface area contributed by atoms with Crippen molar-refractivity contribution in [3.8, 4) is 0 Å². The van der Waals surface area contributed by atoms with Crippen molar-refractivity contribution < 1.29 is 19.5 Å². The van der Waals surface area contributed by atoms with Gasteiger partial charge in [-0.3, -0.25) is 14.4 Å². The van der Waals surface area contributed by atoms with Crippen LogP contribution in [0, 0.1) is 5.92 Å². The van der Waals surface area contributed by atoms with Crippen molar-refractivity contribution in [3.05, 3.63) is 60.7 Å². The van der Waals surface area contributed by atoms with Crippen LogP contribution in [-0.4, -0.2) is 22.9 Å². The Morgan fingerprint density at radius 3 is 1.48 bits per heavy atom. The van der Waals surface area contributed by atoms with Gasteiger partial charge in [0.1, 0.15) is 0 Å². The van der Waals surface area contributed by atoms with E-state index in [1.165, 1.54) is 0 Å². The number of carbonyl (C=O) groups is 3. The molecule has 0 fully saturated rings. The molecule has 0 saturated carbocycles. The van der Waals surface area contributed by atoms with Gasteiger partial charge < -0.3 is 15.7 Å². The average molecular weight is 340 g/mol. The van der Waals surface area contributed by atoms with E-state index in [4.69, 9.17) is 5.11 Å². The largest absolute Gasteiger partial charge is 0.481 e. The summed E-state index contributed by atoms with van der Waals surface area (Å²) in [4.78, 5) is 35.2. The molecule has 2 aromatic rings. The molecule has 2 aromatic carbocycles. The molecule has 0 spiro atoms.